The SMILES string of the molecule is C=C1CCN([C@@H]2CCN(C(=O)OC(C)(C)C)C2)C1=O. The van der Waals surface area contributed by atoms with Gasteiger partial charge < -0.3 is 14.5 Å². The Labute approximate surface area is 114 Å². The molecule has 2 amide bonds. The second-order valence-electron chi connectivity index (χ2n) is 6.22. The van der Waals surface area contributed by atoms with E-state index in [1.165, 1.54) is 0 Å². The molecule has 106 valence electrons. The first-order chi connectivity index (χ1) is 8.78. The summed E-state index contributed by atoms with van der Waals surface area (Å²) in [5, 5.41) is 0. The van der Waals surface area contributed by atoms with Gasteiger partial charge in [-0.2, -0.15) is 0 Å². The molecule has 0 unspecified atom stereocenters. The van der Waals surface area contributed by atoms with Crippen molar-refractivity contribution >= 4 is 12.0 Å². The summed E-state index contributed by atoms with van der Waals surface area (Å²) in [4.78, 5) is 27.4. The maximum absolute atomic E-state index is 11.9. The number of carbonyl (C=O) groups is 2. The lowest BCUT2D eigenvalue weighted by atomic mass is 10.2. The van der Waals surface area contributed by atoms with Crippen LogP contribution in [0.1, 0.15) is 33.6 Å². The molecule has 19 heavy (non-hydrogen) atoms. The topological polar surface area (TPSA) is 49.9 Å². The van der Waals surface area contributed by atoms with E-state index < -0.39 is 5.60 Å². The van der Waals surface area contributed by atoms with Crippen molar-refractivity contribution in [3.63, 3.8) is 0 Å². The van der Waals surface area contributed by atoms with Crippen LogP contribution < -0.4 is 0 Å². The molecular weight excluding hydrogens is 244 g/mol. The molecular formula is C14H22N2O3. The summed E-state index contributed by atoms with van der Waals surface area (Å²) in [5.41, 5.74) is 0.197. The first-order valence-corrected chi connectivity index (χ1v) is 6.74. The van der Waals surface area contributed by atoms with Crippen molar-refractivity contribution in [2.75, 3.05) is 19.6 Å². The van der Waals surface area contributed by atoms with Gasteiger partial charge in [0.2, 0.25) is 5.91 Å². The molecule has 0 spiro atoms. The molecule has 2 saturated heterocycles. The summed E-state index contributed by atoms with van der Waals surface area (Å²) < 4.78 is 5.35. The summed E-state index contributed by atoms with van der Waals surface area (Å²) in [5.74, 6) is 0.0380. The van der Waals surface area contributed by atoms with E-state index in [0.717, 1.165) is 19.4 Å². The average molecular weight is 266 g/mol. The minimum Gasteiger partial charge on any atom is -0.444 e. The van der Waals surface area contributed by atoms with Crippen LogP contribution in [0.2, 0.25) is 0 Å². The Morgan fingerprint density at radius 2 is 2.05 bits per heavy atom. The standard InChI is InChI=1S/C14H22N2O3/c1-10-5-8-16(12(10)17)11-6-7-15(9-11)13(18)19-14(2,3)4/h11H,1,5-9H2,2-4H3/t11-/m1/s1. The zero-order valence-electron chi connectivity index (χ0n) is 11.9. The van der Waals surface area contributed by atoms with E-state index >= 15 is 0 Å². The zero-order chi connectivity index (χ0) is 14.2. The predicted molar refractivity (Wildman–Crippen MR) is 71.7 cm³/mol. The molecule has 5 nitrogen and oxygen atoms in total. The summed E-state index contributed by atoms with van der Waals surface area (Å²) in [7, 11) is 0. The number of likely N-dealkylation sites (tertiary alicyclic amines) is 2. The molecule has 2 fully saturated rings. The van der Waals surface area contributed by atoms with Gasteiger partial charge in [0.1, 0.15) is 5.60 Å². The van der Waals surface area contributed by atoms with Gasteiger partial charge in [-0.05, 0) is 33.6 Å². The van der Waals surface area contributed by atoms with Gasteiger partial charge in [-0.3, -0.25) is 4.79 Å². The van der Waals surface area contributed by atoms with Crippen LogP contribution in [0.15, 0.2) is 12.2 Å². The van der Waals surface area contributed by atoms with Crippen LogP contribution in [0.3, 0.4) is 0 Å². The second-order valence-corrected chi connectivity index (χ2v) is 6.22. The van der Waals surface area contributed by atoms with Crippen LogP contribution in [0.4, 0.5) is 4.79 Å². The highest BCUT2D eigenvalue weighted by Crippen LogP contribution is 2.24. The van der Waals surface area contributed by atoms with Gasteiger partial charge >= 0.3 is 6.09 Å². The number of carbonyl (C=O) groups excluding carboxylic acids is 2. The Bertz CT molecular complexity index is 411. The lowest BCUT2D eigenvalue weighted by Crippen LogP contribution is -2.41. The number of nitrogens with zero attached hydrogens (tertiary/aromatic N) is 2. The largest absolute Gasteiger partial charge is 0.444 e. The minimum atomic E-state index is -0.479. The Morgan fingerprint density at radius 1 is 1.37 bits per heavy atom. The highest BCUT2D eigenvalue weighted by molar-refractivity contribution is 5.95. The maximum Gasteiger partial charge on any atom is 0.410 e. The first kappa shape index (κ1) is 13.9. The fraction of sp³-hybridized carbons (Fsp3) is 0.714. The highest BCUT2D eigenvalue weighted by atomic mass is 16.6. The molecule has 2 rings (SSSR count). The van der Waals surface area contributed by atoms with Crippen molar-refractivity contribution in [3.05, 3.63) is 12.2 Å². The Morgan fingerprint density at radius 3 is 2.58 bits per heavy atom. The fourth-order valence-electron chi connectivity index (χ4n) is 2.50. The molecule has 0 aliphatic carbocycles. The number of rotatable bonds is 1. The van der Waals surface area contributed by atoms with E-state index in [0.29, 0.717) is 18.7 Å². The normalized spacial score (nSPS) is 24.3. The van der Waals surface area contributed by atoms with Crippen LogP contribution in [0.5, 0.6) is 0 Å². The Balaban J connectivity index is 1.92. The van der Waals surface area contributed by atoms with Crippen LogP contribution in [0.25, 0.3) is 0 Å². The second kappa shape index (κ2) is 4.87. The van der Waals surface area contributed by atoms with Crippen molar-refractivity contribution < 1.29 is 14.3 Å². The molecule has 5 heteroatoms. The summed E-state index contributed by atoms with van der Waals surface area (Å²) >= 11 is 0. The molecule has 0 aromatic carbocycles. The van der Waals surface area contributed by atoms with Gasteiger partial charge in [0.15, 0.2) is 0 Å². The minimum absolute atomic E-state index is 0.0380. The van der Waals surface area contributed by atoms with E-state index in [2.05, 4.69) is 6.58 Å². The quantitative estimate of drug-likeness (QED) is 0.680. The van der Waals surface area contributed by atoms with E-state index in [1.54, 1.807) is 4.90 Å². The molecule has 0 N–H and O–H groups in total. The number of hydrogen-bond donors (Lipinski definition) is 0. The van der Waals surface area contributed by atoms with Crippen LogP contribution in [0, 0.1) is 0 Å². The Kier molecular flexibility index (Phi) is 3.56. The predicted octanol–water partition coefficient (Wildman–Crippen LogP) is 1.78. The van der Waals surface area contributed by atoms with Gasteiger partial charge in [0.25, 0.3) is 0 Å². The van der Waals surface area contributed by atoms with Crippen molar-refractivity contribution in [2.24, 2.45) is 0 Å². The van der Waals surface area contributed by atoms with Gasteiger partial charge in [-0.15, -0.1) is 0 Å². The monoisotopic (exact) mass is 266 g/mol. The third-order valence-corrected chi connectivity index (χ3v) is 3.47. The molecule has 0 radical (unpaired) electrons. The molecule has 2 heterocycles. The highest BCUT2D eigenvalue weighted by Gasteiger charge is 2.37. The lowest BCUT2D eigenvalue weighted by Gasteiger charge is -2.26. The summed E-state index contributed by atoms with van der Waals surface area (Å²) in [6.07, 6.45) is 1.26. The summed E-state index contributed by atoms with van der Waals surface area (Å²) in [6.45, 7) is 11.3. The molecule has 0 saturated carbocycles. The van der Waals surface area contributed by atoms with Crippen molar-refractivity contribution in [3.8, 4) is 0 Å². The Hall–Kier alpha value is -1.52. The third kappa shape index (κ3) is 3.08. The lowest BCUT2D eigenvalue weighted by molar-refractivity contribution is -0.126. The van der Waals surface area contributed by atoms with E-state index in [1.807, 2.05) is 25.7 Å². The number of amides is 2. The number of ether oxygens (including phenoxy) is 1. The van der Waals surface area contributed by atoms with Crippen LogP contribution in [-0.4, -0.2) is 53.1 Å². The maximum atomic E-state index is 11.9. The van der Waals surface area contributed by atoms with E-state index in [4.69, 9.17) is 4.74 Å². The van der Waals surface area contributed by atoms with Gasteiger partial charge in [-0.1, -0.05) is 6.58 Å². The summed E-state index contributed by atoms with van der Waals surface area (Å²) in [6, 6.07) is 0.110. The average Bonchev–Trinajstić information content (AvgIpc) is 2.85. The molecule has 0 aromatic rings. The first-order valence-electron chi connectivity index (χ1n) is 6.74. The molecule has 0 bridgehead atoms. The van der Waals surface area contributed by atoms with Gasteiger partial charge in [0.05, 0.1) is 6.04 Å². The number of hydrogen-bond acceptors (Lipinski definition) is 3. The zero-order valence-corrected chi connectivity index (χ0v) is 11.9. The molecule has 0 aromatic heterocycles. The molecule has 2 aliphatic rings. The van der Waals surface area contributed by atoms with E-state index in [-0.39, 0.29) is 18.0 Å². The fourth-order valence-corrected chi connectivity index (χ4v) is 2.50. The van der Waals surface area contributed by atoms with Crippen LogP contribution >= 0.6 is 0 Å². The van der Waals surface area contributed by atoms with Crippen molar-refractivity contribution in [2.45, 2.75) is 45.3 Å². The van der Waals surface area contributed by atoms with Crippen LogP contribution in [-0.2, 0) is 9.53 Å². The third-order valence-electron chi connectivity index (χ3n) is 3.47. The molecule has 1 atom stereocenters. The smallest absolute Gasteiger partial charge is 0.410 e. The van der Waals surface area contributed by atoms with E-state index in [9.17, 15) is 9.59 Å². The van der Waals surface area contributed by atoms with Crippen molar-refractivity contribution in [1.29, 1.82) is 0 Å². The van der Waals surface area contributed by atoms with Gasteiger partial charge in [0, 0.05) is 25.2 Å². The van der Waals surface area contributed by atoms with Crippen molar-refractivity contribution in [1.82, 2.24) is 9.80 Å². The van der Waals surface area contributed by atoms with Gasteiger partial charge in [-0.25, -0.2) is 4.79 Å². The molecule has 2 aliphatic heterocycles.